The molecule has 0 saturated heterocycles. The predicted molar refractivity (Wildman–Crippen MR) is 65.9 cm³/mol. The lowest BCUT2D eigenvalue weighted by Crippen LogP contribution is -2.50. The van der Waals surface area contributed by atoms with Crippen LogP contribution in [0.3, 0.4) is 0 Å². The number of hydrogen-bond acceptors (Lipinski definition) is 2. The van der Waals surface area contributed by atoms with Gasteiger partial charge in [0.25, 0.3) is 0 Å². The monoisotopic (exact) mass is 273 g/mol. The molecule has 4 nitrogen and oxygen atoms in total. The fourth-order valence-electron chi connectivity index (χ4n) is 1.40. The molecule has 0 bridgehead atoms. The van der Waals surface area contributed by atoms with Crippen LogP contribution in [0.1, 0.15) is 24.2 Å². The molecular weight excluding hydrogens is 261 g/mol. The largest absolute Gasteiger partial charge is 0.465 e. The first kappa shape index (κ1) is 14.4. The summed E-state index contributed by atoms with van der Waals surface area (Å²) in [6.45, 7) is 2.34. The van der Waals surface area contributed by atoms with E-state index < -0.39 is 23.6 Å². The Morgan fingerprint density at radius 2 is 1.89 bits per heavy atom. The molecule has 0 fully saturated rings. The fraction of sp³-hybridized carbons (Fsp3) is 0.333. The average molecular weight is 274 g/mol. The number of amides is 1. The second-order valence-electron chi connectivity index (χ2n) is 4.08. The van der Waals surface area contributed by atoms with Gasteiger partial charge in [0.05, 0.1) is 6.04 Å². The molecule has 2 atom stereocenters. The molecule has 0 aliphatic heterocycles. The van der Waals surface area contributed by atoms with Crippen LogP contribution in [0.15, 0.2) is 24.3 Å². The quantitative estimate of drug-likeness (QED) is 0.829. The molecule has 0 aliphatic rings. The van der Waals surface area contributed by atoms with Crippen molar-refractivity contribution < 1.29 is 19.1 Å². The van der Waals surface area contributed by atoms with Crippen LogP contribution in [0.4, 0.5) is 9.18 Å². The summed E-state index contributed by atoms with van der Waals surface area (Å²) in [5.41, 5.74) is -2.19. The average Bonchev–Trinajstić information content (AvgIpc) is 2.28. The number of carboxylic acid groups (broad SMARTS) is 1. The standard InChI is InChI=1S/C12H13ClFNO3/c1-7(15-11(17)18)12(2,14)10(16)8-3-5-9(13)6-4-8/h3-7,15H,1-2H3,(H,17,18). The summed E-state index contributed by atoms with van der Waals surface area (Å²) in [5, 5.41) is 10.9. The number of benzene rings is 1. The maximum atomic E-state index is 14.3. The van der Waals surface area contributed by atoms with E-state index in [0.717, 1.165) is 6.92 Å². The SMILES string of the molecule is CC(NC(=O)O)C(C)(F)C(=O)c1ccc(Cl)cc1. The predicted octanol–water partition coefficient (Wildman–Crippen LogP) is 2.91. The van der Waals surface area contributed by atoms with Gasteiger partial charge in [0.15, 0.2) is 5.67 Å². The molecule has 2 N–H and O–H groups in total. The third-order valence-corrected chi connectivity index (χ3v) is 2.96. The van der Waals surface area contributed by atoms with Gasteiger partial charge in [0.2, 0.25) is 5.78 Å². The molecule has 0 saturated carbocycles. The van der Waals surface area contributed by atoms with E-state index in [9.17, 15) is 14.0 Å². The van der Waals surface area contributed by atoms with Crippen LogP contribution in [0.2, 0.25) is 5.02 Å². The van der Waals surface area contributed by atoms with Crippen molar-refractivity contribution in [2.45, 2.75) is 25.6 Å². The molecule has 18 heavy (non-hydrogen) atoms. The Labute approximate surface area is 109 Å². The van der Waals surface area contributed by atoms with Gasteiger partial charge in [0, 0.05) is 10.6 Å². The molecule has 1 amide bonds. The number of nitrogens with one attached hydrogen (secondary N) is 1. The second-order valence-corrected chi connectivity index (χ2v) is 4.52. The molecule has 0 aliphatic carbocycles. The highest BCUT2D eigenvalue weighted by Crippen LogP contribution is 2.23. The van der Waals surface area contributed by atoms with E-state index in [1.165, 1.54) is 31.2 Å². The van der Waals surface area contributed by atoms with Gasteiger partial charge in [0.1, 0.15) is 0 Å². The number of alkyl halides is 1. The Balaban J connectivity index is 2.93. The van der Waals surface area contributed by atoms with Gasteiger partial charge in [-0.15, -0.1) is 0 Å². The summed E-state index contributed by atoms with van der Waals surface area (Å²) >= 11 is 5.67. The van der Waals surface area contributed by atoms with Crippen molar-refractivity contribution >= 4 is 23.5 Å². The van der Waals surface area contributed by atoms with Crippen LogP contribution in [0.5, 0.6) is 0 Å². The minimum absolute atomic E-state index is 0.142. The maximum Gasteiger partial charge on any atom is 0.404 e. The van der Waals surface area contributed by atoms with Crippen LogP contribution in [-0.2, 0) is 0 Å². The summed E-state index contributed by atoms with van der Waals surface area (Å²) in [6.07, 6.45) is -1.38. The lowest BCUT2D eigenvalue weighted by atomic mass is 9.90. The molecule has 1 rings (SSSR count). The van der Waals surface area contributed by atoms with E-state index in [1.54, 1.807) is 0 Å². The van der Waals surface area contributed by atoms with E-state index in [1.807, 2.05) is 5.32 Å². The molecule has 1 aromatic rings. The zero-order valence-corrected chi connectivity index (χ0v) is 10.7. The van der Waals surface area contributed by atoms with Crippen LogP contribution >= 0.6 is 11.6 Å². The summed E-state index contributed by atoms with van der Waals surface area (Å²) in [7, 11) is 0. The molecule has 1 aromatic carbocycles. The number of halogens is 2. The maximum absolute atomic E-state index is 14.3. The molecule has 2 unspecified atom stereocenters. The molecule has 0 spiro atoms. The van der Waals surface area contributed by atoms with Crippen LogP contribution < -0.4 is 5.32 Å². The van der Waals surface area contributed by atoms with Crippen molar-refractivity contribution in [1.82, 2.24) is 5.32 Å². The van der Waals surface area contributed by atoms with Crippen LogP contribution in [0.25, 0.3) is 0 Å². The molecular formula is C12H13ClFNO3. The summed E-state index contributed by atoms with van der Waals surface area (Å²) in [6, 6.07) is 4.59. The first-order chi connectivity index (χ1) is 8.25. The number of carbonyl (C=O) groups is 2. The van der Waals surface area contributed by atoms with Crippen molar-refractivity contribution in [3.63, 3.8) is 0 Å². The first-order valence-corrected chi connectivity index (χ1v) is 5.61. The highest BCUT2D eigenvalue weighted by Gasteiger charge is 2.40. The van der Waals surface area contributed by atoms with Gasteiger partial charge < -0.3 is 10.4 Å². The number of Topliss-reactive ketones (excluding diaryl/α,β-unsaturated/α-hetero) is 1. The normalized spacial score (nSPS) is 15.6. The van der Waals surface area contributed by atoms with E-state index in [-0.39, 0.29) is 5.56 Å². The smallest absolute Gasteiger partial charge is 0.404 e. The zero-order valence-electron chi connectivity index (χ0n) is 9.91. The van der Waals surface area contributed by atoms with Crippen molar-refractivity contribution in [3.8, 4) is 0 Å². The van der Waals surface area contributed by atoms with Gasteiger partial charge in [-0.3, -0.25) is 4.79 Å². The van der Waals surface area contributed by atoms with Gasteiger partial charge >= 0.3 is 6.09 Å². The lowest BCUT2D eigenvalue weighted by molar-refractivity contribution is 0.0639. The minimum atomic E-state index is -2.33. The third-order valence-electron chi connectivity index (χ3n) is 2.70. The molecule has 0 aromatic heterocycles. The molecule has 6 heteroatoms. The van der Waals surface area contributed by atoms with Gasteiger partial charge in [-0.1, -0.05) is 11.6 Å². The van der Waals surface area contributed by atoms with Gasteiger partial charge in [-0.05, 0) is 38.1 Å². The first-order valence-electron chi connectivity index (χ1n) is 5.24. The van der Waals surface area contributed by atoms with Crippen molar-refractivity contribution in [1.29, 1.82) is 0 Å². The molecule has 0 radical (unpaired) electrons. The number of carbonyl (C=O) groups excluding carboxylic acids is 1. The Morgan fingerprint density at radius 1 is 1.39 bits per heavy atom. The van der Waals surface area contributed by atoms with E-state index >= 15 is 0 Å². The second kappa shape index (κ2) is 5.35. The molecule has 98 valence electrons. The van der Waals surface area contributed by atoms with Crippen molar-refractivity contribution in [2.24, 2.45) is 0 Å². The topological polar surface area (TPSA) is 66.4 Å². The lowest BCUT2D eigenvalue weighted by Gasteiger charge is -2.26. The van der Waals surface area contributed by atoms with Crippen LogP contribution in [-0.4, -0.2) is 28.7 Å². The fourth-order valence-corrected chi connectivity index (χ4v) is 1.53. The van der Waals surface area contributed by atoms with E-state index in [0.29, 0.717) is 5.02 Å². The van der Waals surface area contributed by atoms with Crippen LogP contribution in [0, 0.1) is 0 Å². The summed E-state index contributed by atoms with van der Waals surface area (Å²) in [4.78, 5) is 22.4. The number of rotatable bonds is 4. The van der Waals surface area contributed by atoms with E-state index in [4.69, 9.17) is 16.7 Å². The van der Waals surface area contributed by atoms with Gasteiger partial charge in [-0.2, -0.15) is 0 Å². The van der Waals surface area contributed by atoms with Crippen molar-refractivity contribution in [2.75, 3.05) is 0 Å². The Bertz CT molecular complexity index is 459. The third kappa shape index (κ3) is 3.20. The Morgan fingerprint density at radius 3 is 2.33 bits per heavy atom. The highest BCUT2D eigenvalue weighted by atomic mass is 35.5. The van der Waals surface area contributed by atoms with Gasteiger partial charge in [-0.25, -0.2) is 9.18 Å². The van der Waals surface area contributed by atoms with E-state index in [2.05, 4.69) is 0 Å². The summed E-state index contributed by atoms with van der Waals surface area (Å²) < 4.78 is 14.3. The number of ketones is 1. The van der Waals surface area contributed by atoms with Crippen molar-refractivity contribution in [3.05, 3.63) is 34.9 Å². The Hall–Kier alpha value is -1.62. The highest BCUT2D eigenvalue weighted by molar-refractivity contribution is 6.30. The molecule has 0 heterocycles. The number of hydrogen-bond donors (Lipinski definition) is 2. The summed E-state index contributed by atoms with van der Waals surface area (Å²) in [5.74, 6) is -0.791. The minimum Gasteiger partial charge on any atom is -0.465 e. The zero-order chi connectivity index (χ0) is 13.9. The Kier molecular flexibility index (Phi) is 4.29.